The number of carbonyl (C=O) groups excluding carboxylic acids is 1. The average Bonchev–Trinajstić information content (AvgIpc) is 2.79. The van der Waals surface area contributed by atoms with Crippen molar-refractivity contribution in [2.75, 3.05) is 32.9 Å². The molecule has 0 unspecified atom stereocenters. The lowest BCUT2D eigenvalue weighted by Crippen LogP contribution is -2.52. The van der Waals surface area contributed by atoms with Crippen LogP contribution in [0.15, 0.2) is 29.2 Å². The zero-order chi connectivity index (χ0) is 21.6. The number of hydrogen-bond donors (Lipinski definition) is 1. The van der Waals surface area contributed by atoms with Crippen molar-refractivity contribution >= 4 is 27.9 Å². The van der Waals surface area contributed by atoms with Crippen LogP contribution in [0.4, 0.5) is 0 Å². The molecule has 0 bridgehead atoms. The average molecular weight is 454 g/mol. The van der Waals surface area contributed by atoms with E-state index in [1.807, 2.05) is 0 Å². The van der Waals surface area contributed by atoms with E-state index in [4.69, 9.17) is 0 Å². The van der Waals surface area contributed by atoms with E-state index in [2.05, 4.69) is 35.8 Å². The molecular weight excluding hydrogens is 418 g/mol. The second-order valence-electron chi connectivity index (χ2n) is 8.40. The van der Waals surface area contributed by atoms with E-state index in [9.17, 15) is 13.2 Å². The Bertz CT molecular complexity index is 792. The Hall–Kier alpha value is -1.09. The molecule has 168 valence electrons. The maximum absolute atomic E-state index is 13.1. The van der Waals surface area contributed by atoms with Gasteiger partial charge >= 0.3 is 0 Å². The molecule has 0 radical (unpaired) electrons. The highest BCUT2D eigenvalue weighted by Crippen LogP contribution is 2.27. The Morgan fingerprint density at radius 2 is 1.83 bits per heavy atom. The molecule has 3 rings (SSSR count). The molecule has 1 atom stereocenters. The minimum atomic E-state index is -3.51. The molecular formula is C22H35N3O3S2. The van der Waals surface area contributed by atoms with Gasteiger partial charge in [-0.15, -0.1) is 11.8 Å². The molecule has 1 N–H and O–H groups in total. The summed E-state index contributed by atoms with van der Waals surface area (Å²) in [4.78, 5) is 13.9. The first kappa shape index (κ1) is 23.6. The fourth-order valence-electron chi connectivity index (χ4n) is 4.45. The molecule has 1 aliphatic carbocycles. The van der Waals surface area contributed by atoms with E-state index in [0.717, 1.165) is 44.9 Å². The third kappa shape index (κ3) is 5.99. The first-order valence-corrected chi connectivity index (χ1v) is 13.7. The van der Waals surface area contributed by atoms with E-state index in [-0.39, 0.29) is 24.4 Å². The number of benzene rings is 1. The summed E-state index contributed by atoms with van der Waals surface area (Å²) in [5.41, 5.74) is 1.19. The van der Waals surface area contributed by atoms with Gasteiger partial charge in [-0.05, 0) is 56.1 Å². The highest BCUT2D eigenvalue weighted by atomic mass is 32.2. The second-order valence-corrected chi connectivity index (χ2v) is 11.3. The number of nitrogens with zero attached hydrogens (tertiary/aromatic N) is 2. The van der Waals surface area contributed by atoms with Gasteiger partial charge in [0.2, 0.25) is 5.91 Å². The lowest BCUT2D eigenvalue weighted by atomic mass is 9.96. The number of hydrogen-bond acceptors (Lipinski definition) is 4. The molecule has 30 heavy (non-hydrogen) atoms. The third-order valence-corrected chi connectivity index (χ3v) is 9.16. The topological polar surface area (TPSA) is 69.7 Å². The summed E-state index contributed by atoms with van der Waals surface area (Å²) in [5.74, 6) is -0.303. The van der Waals surface area contributed by atoms with Gasteiger partial charge in [0.15, 0.2) is 0 Å². The molecule has 6 nitrogen and oxygen atoms in total. The zero-order valence-electron chi connectivity index (χ0n) is 18.2. The van der Waals surface area contributed by atoms with Gasteiger partial charge in [-0.1, -0.05) is 31.4 Å². The number of amides is 1. The van der Waals surface area contributed by atoms with Crippen LogP contribution in [0.25, 0.3) is 0 Å². The summed E-state index contributed by atoms with van der Waals surface area (Å²) in [6.45, 7) is 1.36. The molecule has 1 aromatic rings. The van der Waals surface area contributed by atoms with Crippen molar-refractivity contribution in [3.63, 3.8) is 0 Å². The first-order chi connectivity index (χ1) is 14.4. The minimum Gasteiger partial charge on any atom is -0.355 e. The van der Waals surface area contributed by atoms with Crippen molar-refractivity contribution in [2.24, 2.45) is 5.92 Å². The number of thioether (sulfide) groups is 1. The van der Waals surface area contributed by atoms with Gasteiger partial charge in [0.05, 0.1) is 5.92 Å². The van der Waals surface area contributed by atoms with Gasteiger partial charge in [0.1, 0.15) is 0 Å². The zero-order valence-corrected chi connectivity index (χ0v) is 19.8. The second kappa shape index (κ2) is 11.0. The standard InChI is InChI=1S/C22H35N3O3S2/c1-24(20-8-4-3-5-9-20)30(27,28)25-16-6-7-19(17-25)22(26)23-15-14-18-10-12-21(29-2)13-11-18/h10-13,19-20H,3-9,14-17H2,1-2H3,(H,23,26)/t19-/m0/s1. The highest BCUT2D eigenvalue weighted by Gasteiger charge is 2.37. The van der Waals surface area contributed by atoms with E-state index < -0.39 is 10.2 Å². The summed E-state index contributed by atoms with van der Waals surface area (Å²) in [6.07, 6.45) is 9.55. The molecule has 2 aliphatic rings. The van der Waals surface area contributed by atoms with Crippen LogP contribution in [0.5, 0.6) is 0 Å². The first-order valence-electron chi connectivity index (χ1n) is 11.1. The number of piperidine rings is 1. The van der Waals surface area contributed by atoms with Crippen molar-refractivity contribution in [2.45, 2.75) is 62.3 Å². The Labute approximate surface area is 186 Å². The van der Waals surface area contributed by atoms with Gasteiger partial charge in [-0.3, -0.25) is 4.79 Å². The molecule has 1 saturated carbocycles. The maximum Gasteiger partial charge on any atom is 0.281 e. The maximum atomic E-state index is 13.1. The monoisotopic (exact) mass is 453 g/mol. The van der Waals surface area contributed by atoms with Crippen molar-refractivity contribution in [1.82, 2.24) is 13.9 Å². The summed E-state index contributed by atoms with van der Waals surface area (Å²) >= 11 is 1.71. The normalized spacial score (nSPS) is 21.6. The van der Waals surface area contributed by atoms with Crippen LogP contribution in [0, 0.1) is 5.92 Å². The van der Waals surface area contributed by atoms with Crippen molar-refractivity contribution < 1.29 is 13.2 Å². The van der Waals surface area contributed by atoms with Crippen molar-refractivity contribution in [3.8, 4) is 0 Å². The van der Waals surface area contributed by atoms with Crippen LogP contribution in [-0.4, -0.2) is 61.9 Å². The quantitative estimate of drug-likeness (QED) is 0.613. The van der Waals surface area contributed by atoms with E-state index in [1.165, 1.54) is 21.2 Å². The van der Waals surface area contributed by atoms with Crippen LogP contribution in [0.1, 0.15) is 50.5 Å². The van der Waals surface area contributed by atoms with Gasteiger partial charge < -0.3 is 5.32 Å². The smallest absolute Gasteiger partial charge is 0.281 e. The summed E-state index contributed by atoms with van der Waals surface area (Å²) < 4.78 is 29.3. The molecule has 1 saturated heterocycles. The van der Waals surface area contributed by atoms with Gasteiger partial charge in [0, 0.05) is 37.6 Å². The van der Waals surface area contributed by atoms with E-state index >= 15 is 0 Å². The molecule has 0 spiro atoms. The predicted octanol–water partition coefficient (Wildman–Crippen LogP) is 3.29. The Morgan fingerprint density at radius 3 is 2.50 bits per heavy atom. The van der Waals surface area contributed by atoms with Gasteiger partial charge in [-0.25, -0.2) is 0 Å². The summed E-state index contributed by atoms with van der Waals surface area (Å²) in [7, 11) is -1.81. The van der Waals surface area contributed by atoms with Crippen LogP contribution in [0.3, 0.4) is 0 Å². The Balaban J connectivity index is 1.50. The summed E-state index contributed by atoms with van der Waals surface area (Å²) in [5, 5.41) is 3.01. The highest BCUT2D eigenvalue weighted by molar-refractivity contribution is 7.98. The lowest BCUT2D eigenvalue weighted by molar-refractivity contribution is -0.126. The molecule has 8 heteroatoms. The molecule has 1 heterocycles. The SMILES string of the molecule is CSc1ccc(CCNC(=O)[C@H]2CCCN(S(=O)(=O)N(C)C3CCCCC3)C2)cc1. The van der Waals surface area contributed by atoms with Crippen LogP contribution in [0.2, 0.25) is 0 Å². The Kier molecular flexibility index (Phi) is 8.62. The molecule has 1 aliphatic heterocycles. The van der Waals surface area contributed by atoms with Gasteiger partial charge in [0.25, 0.3) is 10.2 Å². The largest absolute Gasteiger partial charge is 0.355 e. The van der Waals surface area contributed by atoms with Gasteiger partial charge in [-0.2, -0.15) is 17.0 Å². The molecule has 0 aromatic heterocycles. The van der Waals surface area contributed by atoms with E-state index in [1.54, 1.807) is 23.1 Å². The number of nitrogens with one attached hydrogen (secondary N) is 1. The summed E-state index contributed by atoms with van der Waals surface area (Å²) in [6, 6.07) is 8.46. The fraction of sp³-hybridized carbons (Fsp3) is 0.682. The van der Waals surface area contributed by atoms with Crippen LogP contribution >= 0.6 is 11.8 Å². The predicted molar refractivity (Wildman–Crippen MR) is 123 cm³/mol. The molecule has 1 aromatic carbocycles. The fourth-order valence-corrected chi connectivity index (χ4v) is 6.54. The molecule has 2 fully saturated rings. The number of carbonyl (C=O) groups is 1. The molecule has 1 amide bonds. The lowest BCUT2D eigenvalue weighted by Gasteiger charge is -2.37. The third-order valence-electron chi connectivity index (χ3n) is 6.41. The minimum absolute atomic E-state index is 0.0315. The van der Waals surface area contributed by atoms with Crippen molar-refractivity contribution in [3.05, 3.63) is 29.8 Å². The van der Waals surface area contributed by atoms with Crippen LogP contribution < -0.4 is 5.32 Å². The van der Waals surface area contributed by atoms with E-state index in [0.29, 0.717) is 13.1 Å². The van der Waals surface area contributed by atoms with Crippen LogP contribution in [-0.2, 0) is 21.4 Å². The Morgan fingerprint density at radius 1 is 1.13 bits per heavy atom. The number of rotatable bonds is 8. The van der Waals surface area contributed by atoms with Crippen molar-refractivity contribution in [1.29, 1.82) is 0 Å².